The van der Waals surface area contributed by atoms with Crippen LogP contribution in [0.25, 0.3) is 0 Å². The number of anilines is 1. The molecule has 16 heavy (non-hydrogen) atoms. The molecule has 1 heterocycles. The number of hydrogen-bond donors (Lipinski definition) is 2. The van der Waals surface area contributed by atoms with Crippen molar-refractivity contribution in [2.45, 2.75) is 6.10 Å². The number of hydrogen-bond acceptors (Lipinski definition) is 3. The molecule has 0 saturated heterocycles. The Labute approximate surface area is 94.8 Å². The van der Waals surface area contributed by atoms with E-state index < -0.39 is 6.10 Å². The summed E-state index contributed by atoms with van der Waals surface area (Å²) in [5.74, 6) is 0. The molecule has 1 atom stereocenters. The highest BCUT2D eigenvalue weighted by Gasteiger charge is 2.14. The topological polar surface area (TPSA) is 45.1 Å². The SMILES string of the molecule is CNc1ccccc1C(O)c1ccccn1. The molecule has 0 saturated carbocycles. The monoisotopic (exact) mass is 214 g/mol. The van der Waals surface area contributed by atoms with Crippen molar-refractivity contribution in [2.24, 2.45) is 0 Å². The zero-order chi connectivity index (χ0) is 11.4. The van der Waals surface area contributed by atoms with E-state index in [9.17, 15) is 5.11 Å². The van der Waals surface area contributed by atoms with E-state index in [1.165, 1.54) is 0 Å². The van der Waals surface area contributed by atoms with Crippen LogP contribution in [0, 0.1) is 0 Å². The number of aromatic nitrogens is 1. The molecule has 2 N–H and O–H groups in total. The van der Waals surface area contributed by atoms with E-state index in [-0.39, 0.29) is 0 Å². The summed E-state index contributed by atoms with van der Waals surface area (Å²) in [7, 11) is 1.84. The second-order valence-electron chi connectivity index (χ2n) is 3.49. The van der Waals surface area contributed by atoms with Gasteiger partial charge in [0.2, 0.25) is 0 Å². The van der Waals surface area contributed by atoms with Crippen LogP contribution in [0.3, 0.4) is 0 Å². The van der Waals surface area contributed by atoms with E-state index >= 15 is 0 Å². The summed E-state index contributed by atoms with van der Waals surface area (Å²) in [4.78, 5) is 4.15. The van der Waals surface area contributed by atoms with Crippen molar-refractivity contribution >= 4 is 5.69 Å². The van der Waals surface area contributed by atoms with Crippen molar-refractivity contribution in [1.29, 1.82) is 0 Å². The van der Waals surface area contributed by atoms with E-state index in [1.54, 1.807) is 6.20 Å². The van der Waals surface area contributed by atoms with Gasteiger partial charge in [-0.15, -0.1) is 0 Å². The van der Waals surface area contributed by atoms with Gasteiger partial charge in [0.25, 0.3) is 0 Å². The lowest BCUT2D eigenvalue weighted by molar-refractivity contribution is 0.216. The van der Waals surface area contributed by atoms with Gasteiger partial charge in [-0.1, -0.05) is 24.3 Å². The van der Waals surface area contributed by atoms with Crippen molar-refractivity contribution in [2.75, 3.05) is 12.4 Å². The molecule has 0 radical (unpaired) electrons. The summed E-state index contributed by atoms with van der Waals surface area (Å²) < 4.78 is 0. The first-order valence-electron chi connectivity index (χ1n) is 5.18. The number of nitrogens with one attached hydrogen (secondary N) is 1. The lowest BCUT2D eigenvalue weighted by Crippen LogP contribution is -2.05. The fraction of sp³-hybridized carbons (Fsp3) is 0.154. The van der Waals surface area contributed by atoms with Crippen LogP contribution in [0.2, 0.25) is 0 Å². The average Bonchev–Trinajstić information content (AvgIpc) is 2.39. The molecule has 1 aromatic heterocycles. The first-order valence-corrected chi connectivity index (χ1v) is 5.18. The number of para-hydroxylation sites is 1. The third kappa shape index (κ3) is 2.04. The van der Waals surface area contributed by atoms with Gasteiger partial charge in [0, 0.05) is 24.5 Å². The minimum atomic E-state index is -0.690. The maximum Gasteiger partial charge on any atom is 0.123 e. The van der Waals surface area contributed by atoms with E-state index in [1.807, 2.05) is 49.5 Å². The molecule has 3 heteroatoms. The standard InChI is InChI=1S/C13H14N2O/c1-14-11-7-3-2-6-10(11)13(16)12-8-4-5-9-15-12/h2-9,13-14,16H,1H3. The summed E-state index contributed by atoms with van der Waals surface area (Å²) in [6.07, 6.45) is 0.991. The van der Waals surface area contributed by atoms with Crippen LogP contribution in [0.1, 0.15) is 17.4 Å². The molecule has 0 aliphatic rings. The van der Waals surface area contributed by atoms with Gasteiger partial charge in [-0.3, -0.25) is 4.98 Å². The van der Waals surface area contributed by atoms with E-state index in [4.69, 9.17) is 0 Å². The van der Waals surface area contributed by atoms with Crippen molar-refractivity contribution in [1.82, 2.24) is 4.98 Å². The molecule has 0 amide bonds. The number of nitrogens with zero attached hydrogens (tertiary/aromatic N) is 1. The lowest BCUT2D eigenvalue weighted by atomic mass is 10.0. The quantitative estimate of drug-likeness (QED) is 0.823. The predicted octanol–water partition coefficient (Wildman–Crippen LogP) is 2.21. The summed E-state index contributed by atoms with van der Waals surface area (Å²) >= 11 is 0. The molecule has 2 aromatic rings. The Morgan fingerprint density at radius 1 is 1.12 bits per heavy atom. The lowest BCUT2D eigenvalue weighted by Gasteiger charge is -2.14. The van der Waals surface area contributed by atoms with Gasteiger partial charge in [-0.2, -0.15) is 0 Å². The zero-order valence-electron chi connectivity index (χ0n) is 9.09. The predicted molar refractivity (Wildman–Crippen MR) is 64.3 cm³/mol. The number of pyridine rings is 1. The van der Waals surface area contributed by atoms with Crippen LogP contribution >= 0.6 is 0 Å². The third-order valence-corrected chi connectivity index (χ3v) is 2.49. The summed E-state index contributed by atoms with van der Waals surface area (Å²) in [6.45, 7) is 0. The van der Waals surface area contributed by atoms with E-state index in [2.05, 4.69) is 10.3 Å². The Bertz CT molecular complexity index is 456. The zero-order valence-corrected chi connectivity index (χ0v) is 9.09. The van der Waals surface area contributed by atoms with Gasteiger partial charge in [-0.25, -0.2) is 0 Å². The molecular weight excluding hydrogens is 200 g/mol. The Hall–Kier alpha value is -1.87. The minimum Gasteiger partial charge on any atom is -0.388 e. The smallest absolute Gasteiger partial charge is 0.123 e. The molecular formula is C13H14N2O. The van der Waals surface area contributed by atoms with Gasteiger partial charge in [0.15, 0.2) is 0 Å². The molecule has 82 valence electrons. The molecule has 0 aliphatic carbocycles. The molecule has 0 aliphatic heterocycles. The largest absolute Gasteiger partial charge is 0.388 e. The highest BCUT2D eigenvalue weighted by Crippen LogP contribution is 2.26. The molecule has 0 bridgehead atoms. The van der Waals surface area contributed by atoms with Crippen LogP contribution in [0.4, 0.5) is 5.69 Å². The maximum absolute atomic E-state index is 10.2. The fourth-order valence-electron chi connectivity index (χ4n) is 1.66. The van der Waals surface area contributed by atoms with Crippen LogP contribution < -0.4 is 5.32 Å². The molecule has 0 spiro atoms. The normalized spacial score (nSPS) is 12.1. The van der Waals surface area contributed by atoms with E-state index in [0.29, 0.717) is 5.69 Å². The number of benzene rings is 1. The van der Waals surface area contributed by atoms with E-state index in [0.717, 1.165) is 11.3 Å². The first-order chi connectivity index (χ1) is 7.83. The number of rotatable bonds is 3. The fourth-order valence-corrected chi connectivity index (χ4v) is 1.66. The second kappa shape index (κ2) is 4.77. The summed E-state index contributed by atoms with van der Waals surface area (Å²) in [6, 6.07) is 13.2. The summed E-state index contributed by atoms with van der Waals surface area (Å²) in [5, 5.41) is 13.3. The molecule has 3 nitrogen and oxygen atoms in total. The van der Waals surface area contributed by atoms with Gasteiger partial charge >= 0.3 is 0 Å². The highest BCUT2D eigenvalue weighted by molar-refractivity contribution is 5.53. The third-order valence-electron chi connectivity index (χ3n) is 2.49. The Kier molecular flexibility index (Phi) is 3.17. The van der Waals surface area contributed by atoms with Crippen LogP contribution in [-0.4, -0.2) is 17.1 Å². The Morgan fingerprint density at radius 3 is 2.56 bits per heavy atom. The van der Waals surface area contributed by atoms with Crippen LogP contribution in [0.15, 0.2) is 48.7 Å². The summed E-state index contributed by atoms with van der Waals surface area (Å²) in [5.41, 5.74) is 2.41. The van der Waals surface area contributed by atoms with Gasteiger partial charge in [-0.05, 0) is 18.2 Å². The van der Waals surface area contributed by atoms with Gasteiger partial charge in [0.05, 0.1) is 5.69 Å². The van der Waals surface area contributed by atoms with Crippen LogP contribution in [-0.2, 0) is 0 Å². The van der Waals surface area contributed by atoms with Crippen molar-refractivity contribution in [3.8, 4) is 0 Å². The van der Waals surface area contributed by atoms with Gasteiger partial charge in [0.1, 0.15) is 6.10 Å². The van der Waals surface area contributed by atoms with Crippen LogP contribution in [0.5, 0.6) is 0 Å². The van der Waals surface area contributed by atoms with Crippen molar-refractivity contribution in [3.63, 3.8) is 0 Å². The second-order valence-corrected chi connectivity index (χ2v) is 3.49. The molecule has 1 unspecified atom stereocenters. The molecule has 2 rings (SSSR count). The Balaban J connectivity index is 2.37. The van der Waals surface area contributed by atoms with Crippen molar-refractivity contribution in [3.05, 3.63) is 59.9 Å². The molecule has 0 fully saturated rings. The van der Waals surface area contributed by atoms with Gasteiger partial charge < -0.3 is 10.4 Å². The Morgan fingerprint density at radius 2 is 1.88 bits per heavy atom. The van der Waals surface area contributed by atoms with Crippen molar-refractivity contribution < 1.29 is 5.11 Å². The highest BCUT2D eigenvalue weighted by atomic mass is 16.3. The maximum atomic E-state index is 10.2. The molecule has 1 aromatic carbocycles. The minimum absolute atomic E-state index is 0.658. The first kappa shape index (κ1) is 10.6. The number of aliphatic hydroxyl groups excluding tert-OH is 1. The average molecular weight is 214 g/mol. The number of aliphatic hydroxyl groups is 1.